The predicted octanol–water partition coefficient (Wildman–Crippen LogP) is 1.51. The zero-order chi connectivity index (χ0) is 11.8. The van der Waals surface area contributed by atoms with Gasteiger partial charge in [0.25, 0.3) is 10.0 Å². The van der Waals surface area contributed by atoms with Crippen LogP contribution in [-0.4, -0.2) is 31.9 Å². The van der Waals surface area contributed by atoms with Crippen molar-refractivity contribution in [1.82, 2.24) is 4.31 Å². The summed E-state index contributed by atoms with van der Waals surface area (Å²) in [5.74, 6) is 0. The van der Waals surface area contributed by atoms with Crippen molar-refractivity contribution >= 4 is 33.0 Å². The van der Waals surface area contributed by atoms with Gasteiger partial charge in [0, 0.05) is 19.1 Å². The SMILES string of the molecule is NC1CCCN(S(=O)(=O)c2ccc(Cl)s2)C1. The van der Waals surface area contributed by atoms with Gasteiger partial charge in [-0.25, -0.2) is 8.42 Å². The molecule has 0 aromatic carbocycles. The number of halogens is 1. The molecular formula is C9H13ClN2O2S2. The molecule has 0 saturated carbocycles. The minimum absolute atomic E-state index is 0.0565. The van der Waals surface area contributed by atoms with Crippen LogP contribution in [-0.2, 0) is 10.0 Å². The molecule has 2 heterocycles. The van der Waals surface area contributed by atoms with Crippen LogP contribution in [0.3, 0.4) is 0 Å². The molecule has 1 aromatic heterocycles. The van der Waals surface area contributed by atoms with E-state index in [9.17, 15) is 8.42 Å². The summed E-state index contributed by atoms with van der Waals surface area (Å²) < 4.78 is 26.6. The Morgan fingerprint density at radius 1 is 1.50 bits per heavy atom. The molecule has 2 N–H and O–H groups in total. The van der Waals surface area contributed by atoms with E-state index in [-0.39, 0.29) is 6.04 Å². The predicted molar refractivity (Wildman–Crippen MR) is 65.3 cm³/mol. The van der Waals surface area contributed by atoms with Crippen LogP contribution in [0.5, 0.6) is 0 Å². The zero-order valence-corrected chi connectivity index (χ0v) is 11.0. The number of hydrogen-bond acceptors (Lipinski definition) is 4. The van der Waals surface area contributed by atoms with Gasteiger partial charge in [-0.05, 0) is 25.0 Å². The number of nitrogens with zero attached hydrogens (tertiary/aromatic N) is 1. The molecule has 90 valence electrons. The topological polar surface area (TPSA) is 63.4 Å². The number of rotatable bonds is 2. The summed E-state index contributed by atoms with van der Waals surface area (Å²) in [6.07, 6.45) is 1.71. The van der Waals surface area contributed by atoms with Crippen LogP contribution in [0.4, 0.5) is 0 Å². The maximum absolute atomic E-state index is 12.2. The Morgan fingerprint density at radius 3 is 2.81 bits per heavy atom. The van der Waals surface area contributed by atoms with Crippen LogP contribution in [0.15, 0.2) is 16.3 Å². The van der Waals surface area contributed by atoms with Gasteiger partial charge in [-0.15, -0.1) is 11.3 Å². The van der Waals surface area contributed by atoms with E-state index in [1.807, 2.05) is 0 Å². The Morgan fingerprint density at radius 2 is 2.25 bits per heavy atom. The van der Waals surface area contributed by atoms with Crippen molar-refractivity contribution in [2.24, 2.45) is 5.73 Å². The molecule has 0 spiro atoms. The quantitative estimate of drug-likeness (QED) is 0.893. The van der Waals surface area contributed by atoms with Gasteiger partial charge in [0.1, 0.15) is 4.21 Å². The van der Waals surface area contributed by atoms with Gasteiger partial charge in [0.2, 0.25) is 0 Å². The average Bonchev–Trinajstić information content (AvgIpc) is 2.65. The van der Waals surface area contributed by atoms with E-state index in [0.717, 1.165) is 24.2 Å². The number of piperidine rings is 1. The lowest BCUT2D eigenvalue weighted by Gasteiger charge is -2.29. The first-order chi connectivity index (χ1) is 7.50. The summed E-state index contributed by atoms with van der Waals surface area (Å²) in [5.41, 5.74) is 5.78. The Labute approximate surface area is 104 Å². The smallest absolute Gasteiger partial charge is 0.252 e. The molecule has 1 aliphatic rings. The maximum atomic E-state index is 12.2. The molecule has 1 atom stereocenters. The molecular weight excluding hydrogens is 268 g/mol. The minimum Gasteiger partial charge on any atom is -0.327 e. The van der Waals surface area contributed by atoms with Crippen molar-refractivity contribution in [3.63, 3.8) is 0 Å². The third-order valence-corrected chi connectivity index (χ3v) is 6.13. The summed E-state index contributed by atoms with van der Waals surface area (Å²) in [6, 6.07) is 3.09. The fourth-order valence-electron chi connectivity index (χ4n) is 1.76. The van der Waals surface area contributed by atoms with Crippen molar-refractivity contribution in [3.8, 4) is 0 Å². The first kappa shape index (κ1) is 12.3. The average molecular weight is 281 g/mol. The Kier molecular flexibility index (Phi) is 3.56. The highest BCUT2D eigenvalue weighted by molar-refractivity contribution is 7.91. The summed E-state index contributed by atoms with van der Waals surface area (Å²) in [6.45, 7) is 0.948. The number of thiophene rings is 1. The first-order valence-electron chi connectivity index (χ1n) is 5.01. The molecule has 0 radical (unpaired) electrons. The normalized spacial score (nSPS) is 23.5. The Balaban J connectivity index is 2.25. The van der Waals surface area contributed by atoms with E-state index in [0.29, 0.717) is 21.6 Å². The summed E-state index contributed by atoms with van der Waals surface area (Å²) in [7, 11) is -3.39. The molecule has 0 amide bonds. The van der Waals surface area contributed by atoms with Gasteiger partial charge in [0.05, 0.1) is 4.34 Å². The highest BCUT2D eigenvalue weighted by Crippen LogP contribution is 2.29. The summed E-state index contributed by atoms with van der Waals surface area (Å²) in [5, 5.41) is 0. The monoisotopic (exact) mass is 280 g/mol. The lowest BCUT2D eigenvalue weighted by Crippen LogP contribution is -2.45. The molecule has 16 heavy (non-hydrogen) atoms. The van der Waals surface area contributed by atoms with Gasteiger partial charge in [-0.2, -0.15) is 4.31 Å². The van der Waals surface area contributed by atoms with Crippen molar-refractivity contribution < 1.29 is 8.42 Å². The maximum Gasteiger partial charge on any atom is 0.252 e. The third-order valence-electron chi connectivity index (χ3n) is 2.56. The van der Waals surface area contributed by atoms with Gasteiger partial charge in [-0.3, -0.25) is 0 Å². The van der Waals surface area contributed by atoms with Crippen LogP contribution in [0.1, 0.15) is 12.8 Å². The van der Waals surface area contributed by atoms with Crippen molar-refractivity contribution in [2.75, 3.05) is 13.1 Å². The van der Waals surface area contributed by atoms with Gasteiger partial charge in [0.15, 0.2) is 0 Å². The molecule has 0 bridgehead atoms. The molecule has 0 aliphatic carbocycles. The van der Waals surface area contributed by atoms with Gasteiger partial charge >= 0.3 is 0 Å². The Bertz CT molecular complexity index is 472. The van der Waals surface area contributed by atoms with E-state index < -0.39 is 10.0 Å². The lowest BCUT2D eigenvalue weighted by molar-refractivity contribution is 0.316. The molecule has 1 aromatic rings. The number of sulfonamides is 1. The summed E-state index contributed by atoms with van der Waals surface area (Å²) >= 11 is 6.83. The number of hydrogen-bond donors (Lipinski definition) is 1. The van der Waals surface area contributed by atoms with Crippen molar-refractivity contribution in [3.05, 3.63) is 16.5 Å². The van der Waals surface area contributed by atoms with Crippen molar-refractivity contribution in [2.45, 2.75) is 23.1 Å². The second kappa shape index (κ2) is 4.62. The molecule has 4 nitrogen and oxygen atoms in total. The second-order valence-electron chi connectivity index (χ2n) is 3.82. The highest BCUT2D eigenvalue weighted by atomic mass is 35.5. The fourth-order valence-corrected chi connectivity index (χ4v) is 4.93. The van der Waals surface area contributed by atoms with Crippen molar-refractivity contribution in [1.29, 1.82) is 0 Å². The standard InChI is InChI=1S/C9H13ClN2O2S2/c10-8-3-4-9(15-8)16(13,14)12-5-1-2-7(11)6-12/h3-4,7H,1-2,5-6,11H2. The van der Waals surface area contributed by atoms with E-state index in [2.05, 4.69) is 0 Å². The van der Waals surface area contributed by atoms with Gasteiger partial charge in [-0.1, -0.05) is 11.6 Å². The summed E-state index contributed by atoms with van der Waals surface area (Å²) in [4.78, 5) is 0. The van der Waals surface area contributed by atoms with Crippen LogP contribution >= 0.6 is 22.9 Å². The second-order valence-corrected chi connectivity index (χ2v) is 7.70. The van der Waals surface area contributed by atoms with Gasteiger partial charge < -0.3 is 5.73 Å². The Hall–Kier alpha value is -0.140. The molecule has 2 rings (SSSR count). The molecule has 7 heteroatoms. The fraction of sp³-hybridized carbons (Fsp3) is 0.556. The zero-order valence-electron chi connectivity index (χ0n) is 8.60. The van der Waals surface area contributed by atoms with E-state index in [1.54, 1.807) is 12.1 Å². The molecule has 1 fully saturated rings. The minimum atomic E-state index is -3.39. The molecule has 1 aliphatic heterocycles. The van der Waals surface area contributed by atoms with E-state index in [4.69, 9.17) is 17.3 Å². The van der Waals surface area contributed by atoms with Crippen LogP contribution in [0, 0.1) is 0 Å². The van der Waals surface area contributed by atoms with Crippen LogP contribution in [0.25, 0.3) is 0 Å². The highest BCUT2D eigenvalue weighted by Gasteiger charge is 2.29. The molecule has 1 saturated heterocycles. The molecule has 1 unspecified atom stereocenters. The third kappa shape index (κ3) is 2.41. The largest absolute Gasteiger partial charge is 0.327 e. The van der Waals surface area contributed by atoms with E-state index in [1.165, 1.54) is 4.31 Å². The number of nitrogens with two attached hydrogens (primary N) is 1. The lowest BCUT2D eigenvalue weighted by atomic mass is 10.1. The first-order valence-corrected chi connectivity index (χ1v) is 7.64. The van der Waals surface area contributed by atoms with E-state index >= 15 is 0 Å². The van der Waals surface area contributed by atoms with Crippen LogP contribution in [0.2, 0.25) is 4.34 Å². The van der Waals surface area contributed by atoms with Crippen LogP contribution < -0.4 is 5.73 Å².